The van der Waals surface area contributed by atoms with Crippen molar-refractivity contribution < 1.29 is 14.5 Å². The molecule has 0 N–H and O–H groups in total. The zero-order chi connectivity index (χ0) is 17.7. The molecule has 0 aromatic heterocycles. The first-order valence-electron chi connectivity index (χ1n) is 7.55. The molecule has 2 rings (SSSR count). The number of benzene rings is 2. The number of hydrogen-bond donors (Lipinski definition) is 0. The molecule has 0 atom stereocenters. The van der Waals surface area contributed by atoms with Crippen LogP contribution in [0.15, 0.2) is 42.5 Å². The van der Waals surface area contributed by atoms with Crippen LogP contribution in [0.25, 0.3) is 0 Å². The average Bonchev–Trinajstić information content (AvgIpc) is 2.55. The van der Waals surface area contributed by atoms with Gasteiger partial charge in [0, 0.05) is 19.7 Å². The molecule has 6 nitrogen and oxygen atoms in total. The number of nitrogens with zero attached hydrogens (tertiary/aromatic N) is 2. The van der Waals surface area contributed by atoms with E-state index in [2.05, 4.69) is 0 Å². The molecule has 126 valence electrons. The third-order valence-corrected chi connectivity index (χ3v) is 3.76. The van der Waals surface area contributed by atoms with E-state index in [0.717, 1.165) is 16.7 Å². The van der Waals surface area contributed by atoms with Gasteiger partial charge in [0.2, 0.25) is 0 Å². The van der Waals surface area contributed by atoms with Crippen molar-refractivity contribution in [2.24, 2.45) is 0 Å². The fourth-order valence-electron chi connectivity index (χ4n) is 2.27. The fourth-order valence-corrected chi connectivity index (χ4v) is 2.27. The molecule has 0 unspecified atom stereocenters. The molecule has 0 saturated carbocycles. The van der Waals surface area contributed by atoms with Crippen LogP contribution in [0.4, 0.5) is 5.69 Å². The molecule has 0 aliphatic carbocycles. The second-order valence-electron chi connectivity index (χ2n) is 5.69. The molecular formula is C18H20N2O4. The van der Waals surface area contributed by atoms with Crippen LogP contribution in [0.5, 0.6) is 5.75 Å². The molecule has 2 aromatic rings. The predicted molar refractivity (Wildman–Crippen MR) is 91.0 cm³/mol. The average molecular weight is 328 g/mol. The molecule has 0 spiro atoms. The highest BCUT2D eigenvalue weighted by atomic mass is 16.6. The van der Waals surface area contributed by atoms with Gasteiger partial charge < -0.3 is 9.64 Å². The van der Waals surface area contributed by atoms with E-state index in [0.29, 0.717) is 6.54 Å². The quantitative estimate of drug-likeness (QED) is 0.603. The summed E-state index contributed by atoms with van der Waals surface area (Å²) in [5, 5.41) is 11.1. The molecule has 0 aliphatic heterocycles. The topological polar surface area (TPSA) is 72.7 Å². The van der Waals surface area contributed by atoms with Crippen molar-refractivity contribution in [3.8, 4) is 5.75 Å². The number of nitro groups is 1. The summed E-state index contributed by atoms with van der Waals surface area (Å²) in [4.78, 5) is 24.3. The summed E-state index contributed by atoms with van der Waals surface area (Å²) in [5.41, 5.74) is 2.78. The van der Waals surface area contributed by atoms with Gasteiger partial charge in [0.1, 0.15) is 0 Å². The van der Waals surface area contributed by atoms with Crippen LogP contribution in [-0.2, 0) is 11.3 Å². The van der Waals surface area contributed by atoms with Gasteiger partial charge in [-0.3, -0.25) is 14.9 Å². The first-order chi connectivity index (χ1) is 11.4. The fraction of sp³-hybridized carbons (Fsp3) is 0.278. The molecule has 0 radical (unpaired) electrons. The van der Waals surface area contributed by atoms with E-state index in [1.165, 1.54) is 12.1 Å². The Morgan fingerprint density at radius 2 is 1.92 bits per heavy atom. The summed E-state index contributed by atoms with van der Waals surface area (Å²) >= 11 is 0. The van der Waals surface area contributed by atoms with Crippen LogP contribution in [-0.4, -0.2) is 29.4 Å². The summed E-state index contributed by atoms with van der Waals surface area (Å²) in [7, 11) is 1.68. The van der Waals surface area contributed by atoms with Gasteiger partial charge in [-0.1, -0.05) is 30.3 Å². The molecule has 2 aromatic carbocycles. The molecular weight excluding hydrogens is 308 g/mol. The SMILES string of the molecule is Cc1ccc(OCC(=O)N(C)Cc2ccccc2C)c([N+](=O)[O-])c1. The summed E-state index contributed by atoms with van der Waals surface area (Å²) in [6.07, 6.45) is 0. The van der Waals surface area contributed by atoms with Crippen molar-refractivity contribution in [3.05, 3.63) is 69.3 Å². The molecule has 0 fully saturated rings. The zero-order valence-corrected chi connectivity index (χ0v) is 14.0. The van der Waals surface area contributed by atoms with Crippen molar-refractivity contribution in [2.45, 2.75) is 20.4 Å². The Labute approximate surface area is 140 Å². The molecule has 1 amide bonds. The lowest BCUT2D eigenvalue weighted by Gasteiger charge is -2.18. The lowest BCUT2D eigenvalue weighted by Crippen LogP contribution is -2.31. The summed E-state index contributed by atoms with van der Waals surface area (Å²) in [6.45, 7) is 3.97. The van der Waals surface area contributed by atoms with Gasteiger partial charge in [0.15, 0.2) is 12.4 Å². The van der Waals surface area contributed by atoms with E-state index in [9.17, 15) is 14.9 Å². The number of amides is 1. The number of carbonyl (C=O) groups excluding carboxylic acids is 1. The zero-order valence-electron chi connectivity index (χ0n) is 14.0. The molecule has 24 heavy (non-hydrogen) atoms. The van der Waals surface area contributed by atoms with Crippen molar-refractivity contribution in [1.82, 2.24) is 4.90 Å². The van der Waals surface area contributed by atoms with Gasteiger partial charge in [-0.25, -0.2) is 0 Å². The molecule has 0 saturated heterocycles. The highest BCUT2D eigenvalue weighted by Crippen LogP contribution is 2.27. The smallest absolute Gasteiger partial charge is 0.311 e. The number of rotatable bonds is 6. The van der Waals surface area contributed by atoms with Gasteiger partial charge in [-0.2, -0.15) is 0 Å². The molecule has 0 heterocycles. The highest BCUT2D eigenvalue weighted by molar-refractivity contribution is 5.77. The molecule has 0 bridgehead atoms. The number of aryl methyl sites for hydroxylation is 2. The van der Waals surface area contributed by atoms with Crippen LogP contribution < -0.4 is 4.74 Å². The standard InChI is InChI=1S/C18H20N2O4/c1-13-8-9-17(16(10-13)20(22)23)24-12-18(21)19(3)11-15-7-5-4-6-14(15)2/h4-10H,11-12H2,1-3H3. The third-order valence-electron chi connectivity index (χ3n) is 3.76. The van der Waals surface area contributed by atoms with Gasteiger partial charge in [0.25, 0.3) is 5.91 Å². The van der Waals surface area contributed by atoms with Gasteiger partial charge in [-0.15, -0.1) is 0 Å². The summed E-state index contributed by atoms with van der Waals surface area (Å²) < 4.78 is 5.37. The largest absolute Gasteiger partial charge is 0.477 e. The van der Waals surface area contributed by atoms with Crippen LogP contribution >= 0.6 is 0 Å². The Morgan fingerprint density at radius 1 is 1.21 bits per heavy atom. The van der Waals surface area contributed by atoms with Gasteiger partial charge >= 0.3 is 5.69 Å². The minimum Gasteiger partial charge on any atom is -0.477 e. The van der Waals surface area contributed by atoms with E-state index in [1.807, 2.05) is 31.2 Å². The Kier molecular flexibility index (Phi) is 5.52. The second kappa shape index (κ2) is 7.59. The van der Waals surface area contributed by atoms with E-state index >= 15 is 0 Å². The lowest BCUT2D eigenvalue weighted by atomic mass is 10.1. The molecule has 0 aliphatic rings. The van der Waals surface area contributed by atoms with Crippen LogP contribution in [0.2, 0.25) is 0 Å². The Morgan fingerprint density at radius 3 is 2.58 bits per heavy atom. The number of carbonyl (C=O) groups is 1. The maximum Gasteiger partial charge on any atom is 0.311 e. The third kappa shape index (κ3) is 4.32. The van der Waals surface area contributed by atoms with Crippen LogP contribution in [0.1, 0.15) is 16.7 Å². The van der Waals surface area contributed by atoms with Gasteiger partial charge in [-0.05, 0) is 36.6 Å². The first kappa shape index (κ1) is 17.5. The Hall–Kier alpha value is -2.89. The minimum absolute atomic E-state index is 0.100. The van der Waals surface area contributed by atoms with Crippen molar-refractivity contribution in [3.63, 3.8) is 0 Å². The highest BCUT2D eigenvalue weighted by Gasteiger charge is 2.17. The maximum absolute atomic E-state index is 12.2. The van der Waals surface area contributed by atoms with Crippen LogP contribution in [0, 0.1) is 24.0 Å². The normalized spacial score (nSPS) is 10.3. The van der Waals surface area contributed by atoms with Gasteiger partial charge in [0.05, 0.1) is 4.92 Å². The van der Waals surface area contributed by atoms with E-state index in [1.54, 1.807) is 24.9 Å². The van der Waals surface area contributed by atoms with Crippen molar-refractivity contribution in [1.29, 1.82) is 0 Å². The number of nitro benzene ring substituents is 1. The Bertz CT molecular complexity index is 758. The predicted octanol–water partition coefficient (Wildman–Crippen LogP) is 3.25. The number of hydrogen-bond acceptors (Lipinski definition) is 4. The van der Waals surface area contributed by atoms with Crippen molar-refractivity contribution in [2.75, 3.05) is 13.7 Å². The van der Waals surface area contributed by atoms with E-state index in [4.69, 9.17) is 4.74 Å². The first-order valence-corrected chi connectivity index (χ1v) is 7.55. The maximum atomic E-state index is 12.2. The van der Waals surface area contributed by atoms with E-state index in [-0.39, 0.29) is 24.0 Å². The Balaban J connectivity index is 2.00. The van der Waals surface area contributed by atoms with E-state index < -0.39 is 4.92 Å². The number of ether oxygens (including phenoxy) is 1. The monoisotopic (exact) mass is 328 g/mol. The summed E-state index contributed by atoms with van der Waals surface area (Å²) in [6, 6.07) is 12.5. The van der Waals surface area contributed by atoms with Crippen LogP contribution in [0.3, 0.4) is 0 Å². The number of likely N-dealkylation sites (N-methyl/N-ethyl adjacent to an activating group) is 1. The minimum atomic E-state index is -0.510. The second-order valence-corrected chi connectivity index (χ2v) is 5.69. The summed E-state index contributed by atoms with van der Waals surface area (Å²) in [5.74, 6) is -0.142. The van der Waals surface area contributed by atoms with Crippen molar-refractivity contribution >= 4 is 11.6 Å². The lowest BCUT2D eigenvalue weighted by molar-refractivity contribution is -0.385. The molecule has 6 heteroatoms.